The molecule has 0 amide bonds. The van der Waals surface area contributed by atoms with Gasteiger partial charge in [-0.3, -0.25) is 9.59 Å². The van der Waals surface area contributed by atoms with Gasteiger partial charge >= 0.3 is 0 Å². The third-order valence-electron chi connectivity index (χ3n) is 1.69. The molecule has 0 atom stereocenters. The Hall–Kier alpha value is -0.660. The van der Waals surface area contributed by atoms with Gasteiger partial charge in [0.2, 0.25) is 0 Å². The van der Waals surface area contributed by atoms with E-state index in [9.17, 15) is 9.59 Å². The van der Waals surface area contributed by atoms with Crippen LogP contribution in [0, 0.1) is 6.92 Å². The number of unbranched alkanes of at least 4 members (excludes halogenated alkanes) is 1. The number of Topliss-reactive ketones (excluding diaryl/α,β-unsaturated/α-hetero) is 2. The maximum absolute atomic E-state index is 11.0. The maximum Gasteiger partial charge on any atom is 0.133 e. The Bertz CT molecular complexity index is 150. The van der Waals surface area contributed by atoms with Crippen LogP contribution in [0.3, 0.4) is 0 Å². The SMILES string of the molecule is [CH2]C(=O)CCCCC(=O)CCC. The van der Waals surface area contributed by atoms with Crippen LogP contribution in [0.25, 0.3) is 0 Å². The van der Waals surface area contributed by atoms with Crippen LogP contribution in [0.15, 0.2) is 0 Å². The number of hydrogen-bond acceptors (Lipinski definition) is 2. The highest BCUT2D eigenvalue weighted by atomic mass is 16.1. The molecule has 0 unspecified atom stereocenters. The standard InChI is InChI=1S/C10H17O2/c1-3-6-10(12)8-5-4-7-9(2)11/h2-8H2,1H3. The van der Waals surface area contributed by atoms with E-state index >= 15 is 0 Å². The van der Waals surface area contributed by atoms with Gasteiger partial charge in [0.1, 0.15) is 11.6 Å². The number of ketones is 2. The zero-order valence-electron chi connectivity index (χ0n) is 7.77. The van der Waals surface area contributed by atoms with Gasteiger partial charge in [0.15, 0.2) is 0 Å². The van der Waals surface area contributed by atoms with Crippen LogP contribution >= 0.6 is 0 Å². The van der Waals surface area contributed by atoms with Crippen LogP contribution in [-0.2, 0) is 9.59 Å². The largest absolute Gasteiger partial charge is 0.300 e. The van der Waals surface area contributed by atoms with Crippen molar-refractivity contribution < 1.29 is 9.59 Å². The van der Waals surface area contributed by atoms with Crippen molar-refractivity contribution in [3.63, 3.8) is 0 Å². The minimum absolute atomic E-state index is 0.0297. The number of rotatable bonds is 7. The Morgan fingerprint density at radius 1 is 1.08 bits per heavy atom. The van der Waals surface area contributed by atoms with Gasteiger partial charge in [0.05, 0.1) is 0 Å². The Balaban J connectivity index is 3.19. The molecule has 0 aromatic rings. The highest BCUT2D eigenvalue weighted by Crippen LogP contribution is 2.03. The zero-order valence-corrected chi connectivity index (χ0v) is 7.77. The van der Waals surface area contributed by atoms with Gasteiger partial charge < -0.3 is 0 Å². The molecule has 0 fully saturated rings. The van der Waals surface area contributed by atoms with Gasteiger partial charge in [0.25, 0.3) is 0 Å². The third-order valence-corrected chi connectivity index (χ3v) is 1.69. The second kappa shape index (κ2) is 7.01. The quantitative estimate of drug-likeness (QED) is 0.548. The normalized spacial score (nSPS) is 9.83. The van der Waals surface area contributed by atoms with Crippen LogP contribution in [-0.4, -0.2) is 11.6 Å². The average molecular weight is 169 g/mol. The van der Waals surface area contributed by atoms with Gasteiger partial charge in [-0.2, -0.15) is 0 Å². The molecule has 2 nitrogen and oxygen atoms in total. The number of carbonyl (C=O) groups excluding carboxylic acids is 2. The first-order valence-electron chi connectivity index (χ1n) is 4.53. The molecule has 0 aliphatic heterocycles. The van der Waals surface area contributed by atoms with Gasteiger partial charge in [-0.05, 0) is 19.3 Å². The molecule has 0 heterocycles. The van der Waals surface area contributed by atoms with Crippen molar-refractivity contribution in [1.29, 1.82) is 0 Å². The average Bonchev–Trinajstić information content (AvgIpc) is 1.98. The molecule has 12 heavy (non-hydrogen) atoms. The zero-order chi connectivity index (χ0) is 9.40. The molecule has 0 aromatic heterocycles. The second-order valence-electron chi connectivity index (χ2n) is 3.03. The Kier molecular flexibility index (Phi) is 6.63. The summed E-state index contributed by atoms with van der Waals surface area (Å²) in [6.45, 7) is 5.27. The van der Waals surface area contributed by atoms with E-state index in [1.165, 1.54) is 0 Å². The van der Waals surface area contributed by atoms with Crippen LogP contribution in [0.2, 0.25) is 0 Å². The summed E-state index contributed by atoms with van der Waals surface area (Å²) in [4.78, 5) is 21.4. The molecule has 1 radical (unpaired) electrons. The molecule has 0 aliphatic rings. The van der Waals surface area contributed by atoms with Crippen LogP contribution < -0.4 is 0 Å². The van der Waals surface area contributed by atoms with Crippen molar-refractivity contribution >= 4 is 11.6 Å². The van der Waals surface area contributed by atoms with Gasteiger partial charge in [0, 0.05) is 26.2 Å². The van der Waals surface area contributed by atoms with E-state index < -0.39 is 0 Å². The van der Waals surface area contributed by atoms with Crippen molar-refractivity contribution in [2.24, 2.45) is 0 Å². The number of hydrogen-bond donors (Lipinski definition) is 0. The van der Waals surface area contributed by atoms with E-state index in [2.05, 4.69) is 6.92 Å². The fourth-order valence-corrected chi connectivity index (χ4v) is 1.05. The number of carbonyl (C=O) groups is 2. The Morgan fingerprint density at radius 2 is 1.67 bits per heavy atom. The fourth-order valence-electron chi connectivity index (χ4n) is 1.05. The van der Waals surface area contributed by atoms with Crippen molar-refractivity contribution in [2.45, 2.75) is 45.4 Å². The summed E-state index contributed by atoms with van der Waals surface area (Å²) in [5.74, 6) is 0.284. The van der Waals surface area contributed by atoms with Crippen molar-refractivity contribution in [1.82, 2.24) is 0 Å². The molecule has 0 rings (SSSR count). The minimum atomic E-state index is -0.0297. The van der Waals surface area contributed by atoms with E-state index in [4.69, 9.17) is 0 Å². The third kappa shape index (κ3) is 7.45. The molecular formula is C10H17O2. The lowest BCUT2D eigenvalue weighted by Gasteiger charge is -1.97. The van der Waals surface area contributed by atoms with Crippen LogP contribution in [0.5, 0.6) is 0 Å². The highest BCUT2D eigenvalue weighted by Gasteiger charge is 2.00. The molecule has 0 aromatic carbocycles. The van der Waals surface area contributed by atoms with E-state index in [1.54, 1.807) is 0 Å². The van der Waals surface area contributed by atoms with Gasteiger partial charge in [-0.25, -0.2) is 0 Å². The molecule has 0 spiro atoms. The maximum atomic E-state index is 11.0. The van der Waals surface area contributed by atoms with Crippen molar-refractivity contribution in [3.8, 4) is 0 Å². The van der Waals surface area contributed by atoms with E-state index in [1.807, 2.05) is 6.92 Å². The highest BCUT2D eigenvalue weighted by molar-refractivity contribution is 5.82. The Morgan fingerprint density at radius 3 is 2.17 bits per heavy atom. The first-order chi connectivity index (χ1) is 5.66. The van der Waals surface area contributed by atoms with Crippen molar-refractivity contribution in [3.05, 3.63) is 6.92 Å². The predicted molar refractivity (Wildman–Crippen MR) is 48.7 cm³/mol. The molecule has 0 saturated carbocycles. The molecule has 0 N–H and O–H groups in total. The van der Waals surface area contributed by atoms with E-state index in [0.717, 1.165) is 19.3 Å². The van der Waals surface area contributed by atoms with Gasteiger partial charge in [-0.1, -0.05) is 6.92 Å². The molecule has 2 heteroatoms. The summed E-state index contributed by atoms with van der Waals surface area (Å²) in [6.07, 6.45) is 4.38. The molecular weight excluding hydrogens is 152 g/mol. The summed E-state index contributed by atoms with van der Waals surface area (Å²) in [7, 11) is 0. The van der Waals surface area contributed by atoms with Gasteiger partial charge in [-0.15, -0.1) is 0 Å². The second-order valence-corrected chi connectivity index (χ2v) is 3.03. The summed E-state index contributed by atoms with van der Waals surface area (Å²) in [6, 6.07) is 0. The monoisotopic (exact) mass is 169 g/mol. The molecule has 0 aliphatic carbocycles. The molecule has 69 valence electrons. The lowest BCUT2D eigenvalue weighted by atomic mass is 10.1. The first-order valence-corrected chi connectivity index (χ1v) is 4.53. The summed E-state index contributed by atoms with van der Waals surface area (Å²) in [5, 5.41) is 0. The molecule has 0 saturated heterocycles. The van der Waals surface area contributed by atoms with Crippen LogP contribution in [0.4, 0.5) is 0 Å². The molecule has 0 bridgehead atoms. The Labute approximate surface area is 74.3 Å². The topological polar surface area (TPSA) is 34.1 Å². The first kappa shape index (κ1) is 11.3. The lowest BCUT2D eigenvalue weighted by Crippen LogP contribution is -1.97. The van der Waals surface area contributed by atoms with E-state index in [0.29, 0.717) is 25.0 Å². The van der Waals surface area contributed by atoms with E-state index in [-0.39, 0.29) is 5.78 Å². The lowest BCUT2D eigenvalue weighted by molar-refractivity contribution is -0.119. The summed E-state index contributed by atoms with van der Waals surface area (Å²) >= 11 is 0. The van der Waals surface area contributed by atoms with Crippen LogP contribution in [0.1, 0.15) is 45.4 Å². The van der Waals surface area contributed by atoms with Crippen molar-refractivity contribution in [2.75, 3.05) is 0 Å². The smallest absolute Gasteiger partial charge is 0.133 e. The summed E-state index contributed by atoms with van der Waals surface area (Å²) in [5.41, 5.74) is 0. The fraction of sp³-hybridized carbons (Fsp3) is 0.700. The minimum Gasteiger partial charge on any atom is -0.300 e. The summed E-state index contributed by atoms with van der Waals surface area (Å²) < 4.78 is 0. The predicted octanol–water partition coefficient (Wildman–Crippen LogP) is 2.32.